The van der Waals surface area contributed by atoms with Crippen LogP contribution < -0.4 is 10.6 Å². The number of carbonyl (C=O) groups is 2. The van der Waals surface area contributed by atoms with Gasteiger partial charge in [-0.15, -0.1) is 24.0 Å². The van der Waals surface area contributed by atoms with E-state index in [2.05, 4.69) is 26.6 Å². The lowest BCUT2D eigenvalue weighted by atomic mass is 9.95. The van der Waals surface area contributed by atoms with Crippen LogP contribution in [-0.2, 0) is 12.8 Å². The zero-order chi connectivity index (χ0) is 19.8. The Bertz CT molecular complexity index is 980. The maximum Gasteiger partial charge on any atom is 0.254 e. The van der Waals surface area contributed by atoms with E-state index in [-0.39, 0.29) is 52.7 Å². The molecule has 0 atom stereocenters. The fourth-order valence-corrected chi connectivity index (χ4v) is 4.14. The van der Waals surface area contributed by atoms with Crippen LogP contribution >= 0.6 is 39.9 Å². The second kappa shape index (κ2) is 9.07. The third-order valence-corrected chi connectivity index (χ3v) is 5.65. The van der Waals surface area contributed by atoms with Gasteiger partial charge in [-0.3, -0.25) is 9.59 Å². The van der Waals surface area contributed by atoms with Crippen LogP contribution in [0.5, 0.6) is 0 Å². The Morgan fingerprint density at radius 1 is 0.828 bits per heavy atom. The summed E-state index contributed by atoms with van der Waals surface area (Å²) < 4.78 is 27.7. The van der Waals surface area contributed by atoms with E-state index >= 15 is 0 Å². The van der Waals surface area contributed by atoms with E-state index in [1.807, 2.05) is 6.07 Å². The minimum Gasteiger partial charge on any atom is -0.352 e. The fourth-order valence-electron chi connectivity index (χ4n) is 3.67. The third kappa shape index (κ3) is 4.79. The molecule has 2 amide bonds. The molecule has 0 bridgehead atoms. The molecule has 0 radical (unpaired) electrons. The molecule has 1 fully saturated rings. The molecule has 4 nitrogen and oxygen atoms in total. The van der Waals surface area contributed by atoms with Crippen LogP contribution in [0.25, 0.3) is 0 Å². The van der Waals surface area contributed by atoms with E-state index in [0.29, 0.717) is 29.9 Å². The summed E-state index contributed by atoms with van der Waals surface area (Å²) in [6, 6.07) is 6.64. The summed E-state index contributed by atoms with van der Waals surface area (Å²) in [7, 11) is 0. The molecule has 2 aliphatic heterocycles. The first-order valence-corrected chi connectivity index (χ1v) is 10.1. The Hall–Kier alpha value is -1.55. The topological polar surface area (TPSA) is 58.2 Å². The number of nitrogens with one attached hydrogen (secondary N) is 2. The highest BCUT2D eigenvalue weighted by Crippen LogP contribution is 2.41. The first-order chi connectivity index (χ1) is 13.4. The first-order valence-electron chi connectivity index (χ1n) is 9.30. The van der Waals surface area contributed by atoms with Crippen molar-refractivity contribution in [1.29, 1.82) is 0 Å². The molecule has 0 aromatic heterocycles. The molecule has 0 saturated heterocycles. The van der Waals surface area contributed by atoms with Gasteiger partial charge in [0, 0.05) is 17.6 Å². The van der Waals surface area contributed by atoms with Crippen LogP contribution in [0, 0.1) is 11.6 Å². The average Bonchev–Trinajstić information content (AvgIpc) is 3.46. The number of hydrogen-bond donors (Lipinski definition) is 2. The SMILES string of the molecule is I.O=C1NCCc2cc(Br)cc(F)c21.O=C1NCCc2cc(C3CC3)cc(F)c21. The molecule has 1 saturated carbocycles. The molecule has 3 aliphatic rings. The molecule has 29 heavy (non-hydrogen) atoms. The summed E-state index contributed by atoms with van der Waals surface area (Å²) in [4.78, 5) is 22.7. The molecule has 2 aromatic carbocycles. The molecule has 5 rings (SSSR count). The average molecular weight is 577 g/mol. The van der Waals surface area contributed by atoms with Gasteiger partial charge >= 0.3 is 0 Å². The molecule has 2 aromatic rings. The highest BCUT2D eigenvalue weighted by molar-refractivity contribution is 14.0. The Morgan fingerprint density at radius 3 is 1.90 bits per heavy atom. The predicted octanol–water partition coefficient (Wildman–Crippen LogP) is 4.48. The van der Waals surface area contributed by atoms with E-state index in [4.69, 9.17) is 0 Å². The van der Waals surface area contributed by atoms with Gasteiger partial charge in [0.2, 0.25) is 0 Å². The van der Waals surface area contributed by atoms with E-state index in [0.717, 1.165) is 36.0 Å². The summed E-state index contributed by atoms with van der Waals surface area (Å²) in [5, 5.41) is 5.27. The van der Waals surface area contributed by atoms with Crippen LogP contribution in [0.2, 0.25) is 0 Å². The van der Waals surface area contributed by atoms with Gasteiger partial charge in [-0.25, -0.2) is 8.78 Å². The summed E-state index contributed by atoms with van der Waals surface area (Å²) in [6.45, 7) is 1.21. The molecule has 154 valence electrons. The number of halogens is 4. The van der Waals surface area contributed by atoms with Gasteiger partial charge in [0.15, 0.2) is 0 Å². The number of hydrogen-bond acceptors (Lipinski definition) is 2. The lowest BCUT2D eigenvalue weighted by Crippen LogP contribution is -2.32. The molecule has 0 unspecified atom stereocenters. The fraction of sp³-hybridized carbons (Fsp3) is 0.333. The third-order valence-electron chi connectivity index (χ3n) is 5.19. The molecule has 8 heteroatoms. The summed E-state index contributed by atoms with van der Waals surface area (Å²) in [5.74, 6) is -0.856. The summed E-state index contributed by atoms with van der Waals surface area (Å²) in [5.41, 5.74) is 3.16. The van der Waals surface area contributed by atoms with Crippen molar-refractivity contribution in [2.75, 3.05) is 13.1 Å². The standard InChI is InChI=1S/C12H12FNO.C9H7BrFNO.HI/c13-10-6-9(7-1-2-7)5-8-3-4-14-12(15)11(8)10;10-6-3-5-1-2-12-9(13)8(5)7(11)4-6;/h5-7H,1-4H2,(H,14,15);3-4H,1-2H2,(H,12,13);1H. The van der Waals surface area contributed by atoms with Crippen LogP contribution in [0.4, 0.5) is 8.78 Å². The first kappa shape index (κ1) is 22.1. The molecule has 1 aliphatic carbocycles. The summed E-state index contributed by atoms with van der Waals surface area (Å²) in [6.07, 6.45) is 3.75. The molecular weight excluding hydrogens is 557 g/mol. The Balaban J connectivity index is 0.000000162. The number of fused-ring (bicyclic) bond motifs is 2. The minimum absolute atomic E-state index is 0. The van der Waals surface area contributed by atoms with Gasteiger partial charge in [-0.2, -0.15) is 0 Å². The maximum absolute atomic E-state index is 13.7. The Morgan fingerprint density at radius 2 is 1.34 bits per heavy atom. The highest BCUT2D eigenvalue weighted by Gasteiger charge is 2.28. The van der Waals surface area contributed by atoms with Crippen molar-refractivity contribution in [1.82, 2.24) is 10.6 Å². The maximum atomic E-state index is 13.7. The zero-order valence-electron chi connectivity index (χ0n) is 15.5. The van der Waals surface area contributed by atoms with E-state index in [9.17, 15) is 18.4 Å². The van der Waals surface area contributed by atoms with Crippen molar-refractivity contribution in [2.45, 2.75) is 31.6 Å². The van der Waals surface area contributed by atoms with Crippen molar-refractivity contribution in [3.8, 4) is 0 Å². The van der Waals surface area contributed by atoms with E-state index in [1.54, 1.807) is 6.07 Å². The number of benzene rings is 2. The number of amides is 2. The van der Waals surface area contributed by atoms with Gasteiger partial charge in [0.25, 0.3) is 11.8 Å². The van der Waals surface area contributed by atoms with Crippen LogP contribution in [-0.4, -0.2) is 24.9 Å². The van der Waals surface area contributed by atoms with Crippen LogP contribution in [0.3, 0.4) is 0 Å². The van der Waals surface area contributed by atoms with Gasteiger partial charge in [0.05, 0.1) is 11.1 Å². The Kier molecular flexibility index (Phi) is 6.93. The normalized spacial score (nSPS) is 16.9. The smallest absolute Gasteiger partial charge is 0.254 e. The van der Waals surface area contributed by atoms with Crippen molar-refractivity contribution in [3.05, 3.63) is 68.2 Å². The molecule has 2 heterocycles. The second-order valence-corrected chi connectivity index (χ2v) is 8.16. The second-order valence-electron chi connectivity index (χ2n) is 7.24. The van der Waals surface area contributed by atoms with Gasteiger partial charge in [-0.1, -0.05) is 22.0 Å². The van der Waals surface area contributed by atoms with Crippen molar-refractivity contribution in [3.63, 3.8) is 0 Å². The van der Waals surface area contributed by atoms with Crippen molar-refractivity contribution < 1.29 is 18.4 Å². The monoisotopic (exact) mass is 576 g/mol. The van der Waals surface area contributed by atoms with Gasteiger partial charge in [-0.05, 0) is 66.5 Å². The lowest BCUT2D eigenvalue weighted by molar-refractivity contribution is 0.0933. The Labute approximate surface area is 193 Å². The van der Waals surface area contributed by atoms with Crippen molar-refractivity contribution in [2.24, 2.45) is 0 Å². The number of rotatable bonds is 1. The largest absolute Gasteiger partial charge is 0.352 e. The summed E-state index contributed by atoms with van der Waals surface area (Å²) >= 11 is 3.19. The van der Waals surface area contributed by atoms with Crippen molar-refractivity contribution >= 4 is 51.7 Å². The predicted molar refractivity (Wildman–Crippen MR) is 120 cm³/mol. The quantitative estimate of drug-likeness (QED) is 0.492. The molecular formula is C21H20BrF2IN2O2. The van der Waals surface area contributed by atoms with Gasteiger partial charge in [0.1, 0.15) is 11.6 Å². The highest BCUT2D eigenvalue weighted by atomic mass is 127. The molecule has 0 spiro atoms. The van der Waals surface area contributed by atoms with Crippen LogP contribution in [0.1, 0.15) is 56.2 Å². The molecule has 2 N–H and O–H groups in total. The lowest BCUT2D eigenvalue weighted by Gasteiger charge is -2.18. The van der Waals surface area contributed by atoms with Gasteiger partial charge < -0.3 is 10.6 Å². The number of carbonyl (C=O) groups excluding carboxylic acids is 2. The minimum atomic E-state index is -0.457. The van der Waals surface area contributed by atoms with E-state index in [1.165, 1.54) is 12.1 Å². The van der Waals surface area contributed by atoms with E-state index < -0.39 is 5.82 Å². The van der Waals surface area contributed by atoms with Crippen LogP contribution in [0.15, 0.2) is 28.7 Å². The zero-order valence-corrected chi connectivity index (χ0v) is 19.4.